The van der Waals surface area contributed by atoms with E-state index in [1.165, 1.54) is 57.3 Å². The molecule has 3 heteroatoms. The summed E-state index contributed by atoms with van der Waals surface area (Å²) in [7, 11) is -1.44. The molecular weight excluding hydrogens is 629 g/mol. The average Bonchev–Trinajstić information content (AvgIpc) is 3.52. The molecule has 9 rings (SSSR count). The van der Waals surface area contributed by atoms with E-state index in [0.717, 1.165) is 22.3 Å². The van der Waals surface area contributed by atoms with Gasteiger partial charge in [0.15, 0.2) is 5.78 Å². The summed E-state index contributed by atoms with van der Waals surface area (Å²) in [5, 5.41) is 0. The first-order chi connectivity index (χ1) is 24.1. The summed E-state index contributed by atoms with van der Waals surface area (Å²) in [6, 6.07) is 42.1. The smallest absolute Gasteiger partial charge is 0.195 e. The van der Waals surface area contributed by atoms with Crippen molar-refractivity contribution in [3.63, 3.8) is 0 Å². The summed E-state index contributed by atoms with van der Waals surface area (Å²) in [5.74, 6) is -0.0731. The van der Waals surface area contributed by atoms with Gasteiger partial charge in [-0.15, -0.1) is 0 Å². The van der Waals surface area contributed by atoms with Crippen LogP contribution in [0.15, 0.2) is 131 Å². The number of fused-ring (bicyclic) bond motifs is 8. The van der Waals surface area contributed by atoms with Gasteiger partial charge in [0.1, 0.15) is 0 Å². The van der Waals surface area contributed by atoms with Gasteiger partial charge in [0, 0.05) is 22.0 Å². The molecule has 6 aromatic rings. The highest BCUT2D eigenvalue weighted by Gasteiger charge is 2.37. The van der Waals surface area contributed by atoms with Gasteiger partial charge in [0.05, 0.1) is 20.6 Å². The molecule has 248 valence electrons. The van der Waals surface area contributed by atoms with E-state index in [4.69, 9.17) is 0 Å². The molecule has 0 amide bonds. The minimum absolute atomic E-state index is 0.0731. The topological polar surface area (TPSA) is 34.1 Å². The lowest BCUT2D eigenvalue weighted by atomic mass is 9.81. The quantitative estimate of drug-likeness (QED) is 0.187. The third kappa shape index (κ3) is 4.81. The first-order valence-electron chi connectivity index (χ1n) is 17.8. The van der Waals surface area contributed by atoms with Crippen molar-refractivity contribution in [2.75, 3.05) is 0 Å². The Hall–Kier alpha value is -4.86. The Morgan fingerprint density at radius 3 is 1.22 bits per heavy atom. The molecule has 0 bridgehead atoms. The van der Waals surface area contributed by atoms with E-state index >= 15 is 0 Å². The molecule has 0 N–H and O–H groups in total. The van der Waals surface area contributed by atoms with Crippen LogP contribution in [0.5, 0.6) is 0 Å². The molecule has 50 heavy (non-hydrogen) atoms. The molecule has 1 aliphatic heterocycles. The highest BCUT2D eigenvalue weighted by Crippen LogP contribution is 2.51. The van der Waals surface area contributed by atoms with Crippen molar-refractivity contribution in [2.45, 2.75) is 75.0 Å². The largest absolute Gasteiger partial charge is 0.289 e. The summed E-state index contributed by atoms with van der Waals surface area (Å²) in [6.45, 7) is 13.5. The lowest BCUT2D eigenvalue weighted by Gasteiger charge is -2.23. The normalized spacial score (nSPS) is 15.5. The summed E-state index contributed by atoms with van der Waals surface area (Å²) < 4.78 is 13.8. The van der Waals surface area contributed by atoms with E-state index in [0.29, 0.717) is 20.9 Å². The Labute approximate surface area is 298 Å². The number of hydrogen-bond donors (Lipinski definition) is 0. The molecule has 0 radical (unpaired) electrons. The van der Waals surface area contributed by atoms with Gasteiger partial charge < -0.3 is 0 Å². The number of carbonyl (C=O) groups excluding carboxylic acids is 1. The van der Waals surface area contributed by atoms with Crippen molar-refractivity contribution < 1.29 is 9.00 Å². The van der Waals surface area contributed by atoms with Crippen LogP contribution < -0.4 is 0 Å². The van der Waals surface area contributed by atoms with Gasteiger partial charge in [-0.25, -0.2) is 4.21 Å². The second-order valence-electron chi connectivity index (χ2n) is 14.9. The van der Waals surface area contributed by atoms with Crippen LogP contribution in [-0.4, -0.2) is 9.99 Å². The second-order valence-corrected chi connectivity index (χ2v) is 16.3. The van der Waals surface area contributed by atoms with Crippen LogP contribution in [0.2, 0.25) is 0 Å². The zero-order chi connectivity index (χ0) is 34.9. The predicted octanol–water partition coefficient (Wildman–Crippen LogP) is 12.2. The Bertz CT molecular complexity index is 2230. The molecule has 0 aromatic heterocycles. The van der Waals surface area contributed by atoms with E-state index in [-0.39, 0.29) is 16.6 Å². The third-order valence-corrected chi connectivity index (χ3v) is 12.7. The van der Waals surface area contributed by atoms with Gasteiger partial charge >= 0.3 is 0 Å². The first-order valence-corrected chi connectivity index (χ1v) is 18.9. The number of hydrogen-bond acceptors (Lipinski definition) is 2. The lowest BCUT2D eigenvalue weighted by molar-refractivity contribution is 0.103. The number of benzene rings is 6. The average molecular weight is 671 g/mol. The molecule has 0 fully saturated rings. The van der Waals surface area contributed by atoms with E-state index < -0.39 is 10.8 Å². The predicted molar refractivity (Wildman–Crippen MR) is 208 cm³/mol. The molecule has 0 unspecified atom stereocenters. The van der Waals surface area contributed by atoms with Crippen molar-refractivity contribution in [1.29, 1.82) is 0 Å². The fourth-order valence-corrected chi connectivity index (χ4v) is 9.45. The highest BCUT2D eigenvalue weighted by atomic mass is 32.2. The molecule has 2 nitrogen and oxygen atoms in total. The Morgan fingerprint density at radius 2 is 0.800 bits per heavy atom. The minimum Gasteiger partial charge on any atom is -0.289 e. The van der Waals surface area contributed by atoms with E-state index in [2.05, 4.69) is 126 Å². The molecular formula is C47H42O2S. The molecule has 0 spiro atoms. The van der Waals surface area contributed by atoms with Gasteiger partial charge in [-0.1, -0.05) is 139 Å². The Morgan fingerprint density at radius 1 is 0.440 bits per heavy atom. The number of carbonyl (C=O) groups is 1. The SMILES string of the molecule is CC1(C)c2ccccc2-c2ccc(-c3ccc4c(c3)C(=O)c3cc(-c5ccc6c(c5)C(C)(C)c5ccccc5-6)ccc3S4=O)cc21.CCCC. The van der Waals surface area contributed by atoms with Gasteiger partial charge in [0.2, 0.25) is 0 Å². The van der Waals surface area contributed by atoms with Crippen LogP contribution in [0.1, 0.15) is 92.6 Å². The van der Waals surface area contributed by atoms with Crippen LogP contribution in [0.4, 0.5) is 0 Å². The molecule has 2 aliphatic carbocycles. The zero-order valence-corrected chi connectivity index (χ0v) is 30.5. The standard InChI is InChI=1S/C43H32O2S.C4H10/c1-42(2)35-11-7-5-9-29(35)31-17-13-27(23-37(31)42)25-15-19-39-33(21-25)41(44)34-22-26(16-20-40(34)46(39)45)28-14-18-32-30-10-6-8-12-36(30)43(3,4)38(32)24-28;1-3-4-2/h5-24H,1-4H3;3-4H2,1-2H3. The number of rotatable bonds is 3. The number of unbranched alkanes of at least 4 members (excludes halogenated alkanes) is 1. The second kappa shape index (κ2) is 11.9. The van der Waals surface area contributed by atoms with Crippen LogP contribution in [0.3, 0.4) is 0 Å². The van der Waals surface area contributed by atoms with E-state index in [9.17, 15) is 9.00 Å². The summed E-state index contributed by atoms with van der Waals surface area (Å²) >= 11 is 0. The van der Waals surface area contributed by atoms with Crippen molar-refractivity contribution in [2.24, 2.45) is 0 Å². The molecule has 0 saturated heterocycles. The summed E-state index contributed by atoms with van der Waals surface area (Å²) in [6.07, 6.45) is 2.64. The molecule has 0 atom stereocenters. The van der Waals surface area contributed by atoms with Crippen molar-refractivity contribution in [3.05, 3.63) is 155 Å². The summed E-state index contributed by atoms with van der Waals surface area (Å²) in [5.41, 5.74) is 15.2. The van der Waals surface area contributed by atoms with Crippen molar-refractivity contribution in [1.82, 2.24) is 0 Å². The van der Waals surface area contributed by atoms with Gasteiger partial charge in [-0.05, 0) is 103 Å². The maximum Gasteiger partial charge on any atom is 0.195 e. The Kier molecular flexibility index (Phi) is 7.69. The number of ketones is 1. The lowest BCUT2D eigenvalue weighted by Crippen LogP contribution is -2.17. The van der Waals surface area contributed by atoms with Crippen LogP contribution in [-0.2, 0) is 21.6 Å². The Balaban J connectivity index is 0.000000859. The van der Waals surface area contributed by atoms with Crippen molar-refractivity contribution in [3.8, 4) is 44.5 Å². The molecule has 1 heterocycles. The van der Waals surface area contributed by atoms with Crippen LogP contribution in [0.25, 0.3) is 44.5 Å². The van der Waals surface area contributed by atoms with Crippen LogP contribution in [0, 0.1) is 0 Å². The molecule has 6 aromatic carbocycles. The van der Waals surface area contributed by atoms with Crippen molar-refractivity contribution >= 4 is 16.6 Å². The molecule has 0 saturated carbocycles. The summed E-state index contributed by atoms with van der Waals surface area (Å²) in [4.78, 5) is 15.3. The fourth-order valence-electron chi connectivity index (χ4n) is 8.13. The first kappa shape index (κ1) is 32.4. The minimum atomic E-state index is -1.44. The van der Waals surface area contributed by atoms with E-state index in [1.807, 2.05) is 36.4 Å². The third-order valence-electron chi connectivity index (χ3n) is 11.2. The maximum atomic E-state index is 14.2. The van der Waals surface area contributed by atoms with Crippen LogP contribution >= 0.6 is 0 Å². The fraction of sp³-hybridized carbons (Fsp3) is 0.213. The van der Waals surface area contributed by atoms with Gasteiger partial charge in [-0.3, -0.25) is 4.79 Å². The van der Waals surface area contributed by atoms with E-state index in [1.54, 1.807) is 0 Å². The van der Waals surface area contributed by atoms with Gasteiger partial charge in [0.25, 0.3) is 0 Å². The zero-order valence-electron chi connectivity index (χ0n) is 29.7. The maximum absolute atomic E-state index is 14.2. The van der Waals surface area contributed by atoms with Gasteiger partial charge in [-0.2, -0.15) is 0 Å². The monoisotopic (exact) mass is 670 g/mol. The molecule has 3 aliphatic rings. The highest BCUT2D eigenvalue weighted by molar-refractivity contribution is 7.85.